The lowest BCUT2D eigenvalue weighted by molar-refractivity contribution is -0.139. The maximum Gasteiger partial charge on any atom is 0.338 e. The molecule has 0 aliphatic carbocycles. The van der Waals surface area contributed by atoms with Gasteiger partial charge in [0.2, 0.25) is 11.1 Å². The average molecular weight is 532 g/mol. The monoisotopic (exact) mass is 531 g/mol. The van der Waals surface area contributed by atoms with Gasteiger partial charge in [-0.2, -0.15) is 4.98 Å². The van der Waals surface area contributed by atoms with Crippen LogP contribution < -0.4 is 14.8 Å². The van der Waals surface area contributed by atoms with Gasteiger partial charge in [0, 0.05) is 18.8 Å². The van der Waals surface area contributed by atoms with E-state index in [1.165, 1.54) is 18.9 Å². The Labute approximate surface area is 220 Å². The summed E-state index contributed by atoms with van der Waals surface area (Å²) in [5.41, 5.74) is 1.83. The van der Waals surface area contributed by atoms with Crippen molar-refractivity contribution in [2.75, 3.05) is 57.7 Å². The topological polar surface area (TPSA) is 117 Å². The van der Waals surface area contributed by atoms with E-state index in [-0.39, 0.29) is 12.5 Å². The molecule has 1 aromatic heterocycles. The van der Waals surface area contributed by atoms with Crippen LogP contribution >= 0.6 is 11.8 Å². The van der Waals surface area contributed by atoms with Gasteiger partial charge in [-0.3, -0.25) is 4.79 Å². The lowest BCUT2D eigenvalue weighted by atomic mass is 9.95. The van der Waals surface area contributed by atoms with Crippen LogP contribution in [0.1, 0.15) is 38.8 Å². The summed E-state index contributed by atoms with van der Waals surface area (Å²) >= 11 is 1.52. The fourth-order valence-electron chi connectivity index (χ4n) is 4.18. The predicted octanol–water partition coefficient (Wildman–Crippen LogP) is 2.88. The largest absolute Gasteiger partial charge is 0.493 e. The first kappa shape index (κ1) is 26.8. The molecule has 1 unspecified atom stereocenters. The van der Waals surface area contributed by atoms with Gasteiger partial charge in [-0.05, 0) is 36.8 Å². The van der Waals surface area contributed by atoms with Crippen LogP contribution in [0.3, 0.4) is 0 Å². The maximum atomic E-state index is 13.1. The number of anilines is 1. The van der Waals surface area contributed by atoms with E-state index in [1.807, 2.05) is 26.8 Å². The summed E-state index contributed by atoms with van der Waals surface area (Å²) in [6, 6.07) is 4.79. The lowest BCUT2D eigenvalue weighted by Crippen LogP contribution is -2.43. The van der Waals surface area contributed by atoms with Gasteiger partial charge in [0.05, 0.1) is 32.5 Å². The highest BCUT2D eigenvalue weighted by Crippen LogP contribution is 2.39. The minimum atomic E-state index is -0.586. The first-order valence-corrected chi connectivity index (χ1v) is 13.4. The number of hydrogen-bond acceptors (Lipinski definition) is 10. The van der Waals surface area contributed by atoms with E-state index in [0.29, 0.717) is 73.2 Å². The number of carbonyl (C=O) groups is 2. The van der Waals surface area contributed by atoms with E-state index in [2.05, 4.69) is 15.4 Å². The van der Waals surface area contributed by atoms with Gasteiger partial charge in [-0.1, -0.05) is 31.7 Å². The second-order valence-electron chi connectivity index (χ2n) is 8.49. The van der Waals surface area contributed by atoms with Crippen molar-refractivity contribution in [3.63, 3.8) is 0 Å². The molecule has 2 aliphatic rings. The Morgan fingerprint density at radius 1 is 1.22 bits per heavy atom. The summed E-state index contributed by atoms with van der Waals surface area (Å²) in [7, 11) is 1.53. The van der Waals surface area contributed by atoms with E-state index in [4.69, 9.17) is 18.9 Å². The summed E-state index contributed by atoms with van der Waals surface area (Å²) < 4.78 is 24.0. The molecular weight excluding hydrogens is 498 g/mol. The molecule has 1 saturated heterocycles. The van der Waals surface area contributed by atoms with Gasteiger partial charge in [0.25, 0.3) is 5.91 Å². The first-order valence-electron chi connectivity index (χ1n) is 12.4. The van der Waals surface area contributed by atoms with Crippen molar-refractivity contribution >= 4 is 29.6 Å². The molecule has 37 heavy (non-hydrogen) atoms. The summed E-state index contributed by atoms with van der Waals surface area (Å²) in [6.07, 6.45) is 0.713. The number of thioether (sulfide) groups is 1. The SMILES string of the molecule is CCCOC(=O)C1=C(C)Nc2nc(SCC)nn2C1c1ccc(OCC(=O)N2CCOCC2)c(OC)c1. The average Bonchev–Trinajstić information content (AvgIpc) is 3.31. The number of benzene rings is 1. The van der Waals surface area contributed by atoms with E-state index in [0.717, 1.165) is 11.3 Å². The van der Waals surface area contributed by atoms with Crippen LogP contribution in [0, 0.1) is 0 Å². The molecule has 11 nitrogen and oxygen atoms in total. The Morgan fingerprint density at radius 3 is 2.70 bits per heavy atom. The van der Waals surface area contributed by atoms with Crippen LogP contribution in [0.15, 0.2) is 34.6 Å². The Hall–Kier alpha value is -3.25. The highest BCUT2D eigenvalue weighted by atomic mass is 32.2. The molecule has 0 radical (unpaired) electrons. The van der Waals surface area contributed by atoms with Gasteiger partial charge in [0.15, 0.2) is 18.1 Å². The van der Waals surface area contributed by atoms with Crippen molar-refractivity contribution in [1.29, 1.82) is 0 Å². The van der Waals surface area contributed by atoms with Crippen molar-refractivity contribution in [1.82, 2.24) is 19.7 Å². The number of nitrogens with zero attached hydrogens (tertiary/aromatic N) is 4. The van der Waals surface area contributed by atoms with E-state index in [1.54, 1.807) is 21.7 Å². The molecule has 12 heteroatoms. The molecule has 0 saturated carbocycles. The number of rotatable bonds is 10. The molecule has 3 heterocycles. The van der Waals surface area contributed by atoms with Crippen LogP contribution in [-0.2, 0) is 19.1 Å². The Kier molecular flexibility index (Phi) is 8.93. The number of aromatic nitrogens is 3. The first-order chi connectivity index (χ1) is 18.0. The molecule has 4 rings (SSSR count). The number of nitrogens with one attached hydrogen (secondary N) is 1. The molecule has 1 aromatic carbocycles. The molecule has 2 aliphatic heterocycles. The Balaban J connectivity index is 1.64. The van der Waals surface area contributed by atoms with E-state index < -0.39 is 12.0 Å². The number of amides is 1. The molecule has 1 amide bonds. The number of carbonyl (C=O) groups excluding carboxylic acids is 2. The molecule has 0 bridgehead atoms. The second-order valence-corrected chi connectivity index (χ2v) is 9.72. The zero-order chi connectivity index (χ0) is 26.4. The molecule has 1 atom stereocenters. The summed E-state index contributed by atoms with van der Waals surface area (Å²) in [5, 5.41) is 8.47. The molecule has 1 N–H and O–H groups in total. The highest BCUT2D eigenvalue weighted by Gasteiger charge is 2.35. The van der Waals surface area contributed by atoms with Gasteiger partial charge in [-0.15, -0.1) is 5.10 Å². The normalized spacial score (nSPS) is 17.2. The number of allylic oxidation sites excluding steroid dienone is 1. The standard InChI is InChI=1S/C25H33N5O6S/c1-5-11-35-23(32)21-16(3)26-24-27-25(37-6-2)28-30(24)22(21)17-7-8-18(19(14-17)33-4)36-15-20(31)29-9-12-34-13-10-29/h7-8,14,22H,5-6,9-13,15H2,1-4H3,(H,26,27,28). The third kappa shape index (κ3) is 6.02. The molecule has 2 aromatic rings. The Bertz CT molecular complexity index is 1160. The van der Waals surface area contributed by atoms with E-state index >= 15 is 0 Å². The van der Waals surface area contributed by atoms with Crippen LogP contribution in [-0.4, -0.2) is 83.9 Å². The molecular formula is C25H33N5O6S. The summed E-state index contributed by atoms with van der Waals surface area (Å²) in [6.45, 7) is 8.16. The highest BCUT2D eigenvalue weighted by molar-refractivity contribution is 7.99. The van der Waals surface area contributed by atoms with Crippen molar-refractivity contribution in [3.05, 3.63) is 35.0 Å². The van der Waals surface area contributed by atoms with E-state index in [9.17, 15) is 9.59 Å². The molecule has 200 valence electrons. The van der Waals surface area contributed by atoms with Crippen LogP contribution in [0.4, 0.5) is 5.95 Å². The number of morpholine rings is 1. The van der Waals surface area contributed by atoms with Crippen molar-refractivity contribution in [2.24, 2.45) is 0 Å². The molecule has 1 fully saturated rings. The van der Waals surface area contributed by atoms with Gasteiger partial charge >= 0.3 is 5.97 Å². The second kappa shape index (κ2) is 12.3. The number of fused-ring (bicyclic) bond motifs is 1. The Morgan fingerprint density at radius 2 is 2.00 bits per heavy atom. The predicted molar refractivity (Wildman–Crippen MR) is 138 cm³/mol. The quantitative estimate of drug-likeness (QED) is 0.362. The van der Waals surface area contributed by atoms with Crippen molar-refractivity contribution in [2.45, 2.75) is 38.4 Å². The number of hydrogen-bond donors (Lipinski definition) is 1. The smallest absolute Gasteiger partial charge is 0.338 e. The number of ether oxygens (including phenoxy) is 4. The lowest BCUT2D eigenvalue weighted by Gasteiger charge is -2.28. The van der Waals surface area contributed by atoms with Crippen molar-refractivity contribution < 1.29 is 28.5 Å². The van der Waals surface area contributed by atoms with Crippen LogP contribution in [0.2, 0.25) is 0 Å². The summed E-state index contributed by atoms with van der Waals surface area (Å²) in [5.74, 6) is 1.70. The maximum absolute atomic E-state index is 13.1. The van der Waals surface area contributed by atoms with Crippen LogP contribution in [0.25, 0.3) is 0 Å². The minimum Gasteiger partial charge on any atom is -0.493 e. The van der Waals surface area contributed by atoms with Crippen LogP contribution in [0.5, 0.6) is 11.5 Å². The number of esters is 1. The zero-order valence-corrected chi connectivity index (χ0v) is 22.4. The minimum absolute atomic E-state index is 0.110. The fraction of sp³-hybridized carbons (Fsp3) is 0.520. The molecule has 0 spiro atoms. The zero-order valence-electron chi connectivity index (χ0n) is 21.6. The third-order valence-electron chi connectivity index (χ3n) is 5.98. The van der Waals surface area contributed by atoms with Gasteiger partial charge in [-0.25, -0.2) is 9.48 Å². The fourth-order valence-corrected chi connectivity index (χ4v) is 4.74. The summed E-state index contributed by atoms with van der Waals surface area (Å²) in [4.78, 5) is 32.0. The van der Waals surface area contributed by atoms with Gasteiger partial charge < -0.3 is 29.2 Å². The van der Waals surface area contributed by atoms with Crippen molar-refractivity contribution in [3.8, 4) is 11.5 Å². The number of methoxy groups -OCH3 is 1. The third-order valence-corrected chi connectivity index (χ3v) is 6.70. The van der Waals surface area contributed by atoms with Gasteiger partial charge in [0.1, 0.15) is 6.04 Å².